The Hall–Kier alpha value is -4.40. The first-order valence-electron chi connectivity index (χ1n) is 17.2. The molecule has 2 rings (SSSR count). The van der Waals surface area contributed by atoms with Crippen molar-refractivity contribution in [2.45, 2.75) is 102 Å². The maximum atomic E-state index is 12.6. The van der Waals surface area contributed by atoms with Crippen molar-refractivity contribution in [3.63, 3.8) is 0 Å². The van der Waals surface area contributed by atoms with E-state index >= 15 is 0 Å². The molecule has 301 valence electrons. The van der Waals surface area contributed by atoms with E-state index in [1.165, 1.54) is 0 Å². The van der Waals surface area contributed by atoms with Crippen molar-refractivity contribution in [1.82, 2.24) is 40.4 Å². The third-order valence-corrected chi connectivity index (χ3v) is 7.88. The number of imidazole rings is 2. The van der Waals surface area contributed by atoms with Crippen LogP contribution in [0.2, 0.25) is 0 Å². The molecule has 0 spiro atoms. The second-order valence-electron chi connectivity index (χ2n) is 11.7. The van der Waals surface area contributed by atoms with Gasteiger partial charge in [0.15, 0.2) is 0 Å². The summed E-state index contributed by atoms with van der Waals surface area (Å²) in [6.45, 7) is 5.44. The first-order valence-corrected chi connectivity index (χ1v) is 17.2. The molecule has 4 amide bonds. The van der Waals surface area contributed by atoms with Gasteiger partial charge in [-0.2, -0.15) is 0 Å². The predicted octanol–water partition coefficient (Wildman–Crippen LogP) is -5.50. The van der Waals surface area contributed by atoms with E-state index in [4.69, 9.17) is 22.9 Å². The van der Waals surface area contributed by atoms with E-state index in [0.717, 1.165) is 11.4 Å². The first-order chi connectivity index (χ1) is 24.8. The van der Waals surface area contributed by atoms with Crippen molar-refractivity contribution in [2.75, 3.05) is 26.2 Å². The van der Waals surface area contributed by atoms with Crippen LogP contribution in [0.1, 0.15) is 63.8 Å². The zero-order valence-electron chi connectivity index (χ0n) is 30.2. The van der Waals surface area contributed by atoms with Gasteiger partial charge >= 0.3 is 17.1 Å². The van der Waals surface area contributed by atoms with Gasteiger partial charge in [-0.25, -0.2) is 9.97 Å². The number of nitrogens with zero attached hydrogens (tertiary/aromatic N) is 4. The molecule has 0 aromatic carbocycles. The number of hydrogen-bond acceptors (Lipinski definition) is 14. The zero-order chi connectivity index (χ0) is 39.1. The molecule has 0 saturated carbocycles. The molecule has 20 nitrogen and oxygen atoms in total. The maximum absolute atomic E-state index is 12.6. The number of aromatic nitrogens is 4. The largest absolute Gasteiger partial charge is 2.00 e. The molecule has 53 heavy (non-hydrogen) atoms. The second-order valence-corrected chi connectivity index (χ2v) is 11.7. The van der Waals surface area contributed by atoms with Gasteiger partial charge in [0.1, 0.15) is 12.1 Å². The summed E-state index contributed by atoms with van der Waals surface area (Å²) in [7, 11) is 0. The van der Waals surface area contributed by atoms with E-state index < -0.39 is 59.7 Å². The Morgan fingerprint density at radius 3 is 1.26 bits per heavy atom. The standard InChI is InChI=1S/2C16H28N6O4.Cu/c2*1-2-22-10-19-9-11(22)7-13(20-14(23)8-18)15(24)21-12(16(25)26)5-3-4-6-17;/h2*9-10,12-13H,2-8,17-18H2,1H3,(H,20,23)(H,21,24)(H,25,26);/q;;+2/p-2/t2*12-,13-;/m00./s1. The molecule has 0 aliphatic heterocycles. The van der Waals surface area contributed by atoms with Crippen molar-refractivity contribution >= 4 is 35.6 Å². The third-order valence-electron chi connectivity index (χ3n) is 7.88. The summed E-state index contributed by atoms with van der Waals surface area (Å²) >= 11 is 0. The van der Waals surface area contributed by atoms with Crippen molar-refractivity contribution in [1.29, 1.82) is 0 Å². The van der Waals surface area contributed by atoms with Crippen LogP contribution >= 0.6 is 0 Å². The number of amides is 4. The molecule has 2 aromatic rings. The molecule has 0 aliphatic carbocycles. The molecule has 2 aromatic heterocycles. The van der Waals surface area contributed by atoms with Crippen LogP contribution in [0.15, 0.2) is 25.0 Å². The topological polar surface area (TPSA) is 336 Å². The number of nitrogens with one attached hydrogen (secondary N) is 4. The van der Waals surface area contributed by atoms with E-state index in [0.29, 0.717) is 51.9 Å². The summed E-state index contributed by atoms with van der Waals surface area (Å²) < 4.78 is 3.65. The number of carbonyl (C=O) groups excluding carboxylic acids is 6. The van der Waals surface area contributed by atoms with Gasteiger partial charge < -0.3 is 73.1 Å². The number of nitrogens with two attached hydrogens (primary N) is 4. The van der Waals surface area contributed by atoms with Crippen LogP contribution in [0.4, 0.5) is 0 Å². The zero-order valence-corrected chi connectivity index (χ0v) is 31.1. The number of carboxylic acids is 2. The Balaban J connectivity index is 0.00000100. The fraction of sp³-hybridized carbons (Fsp3) is 0.625. The molecule has 0 saturated heterocycles. The Morgan fingerprint density at radius 2 is 0.981 bits per heavy atom. The summed E-state index contributed by atoms with van der Waals surface area (Å²) in [5.74, 6) is -5.01. The average Bonchev–Trinajstić information content (AvgIpc) is 3.78. The molecule has 12 N–H and O–H groups in total. The molecule has 0 bridgehead atoms. The quantitative estimate of drug-likeness (QED) is 0.0363. The molecule has 0 aliphatic rings. The molecular formula is C32H54CuN12O8. The monoisotopic (exact) mass is 797 g/mol. The summed E-state index contributed by atoms with van der Waals surface area (Å²) in [5, 5.41) is 32.4. The Morgan fingerprint density at radius 1 is 0.623 bits per heavy atom. The Labute approximate surface area is 319 Å². The molecular weight excluding hydrogens is 744 g/mol. The van der Waals surface area contributed by atoms with Crippen LogP contribution in [-0.2, 0) is 71.8 Å². The number of carbonyl (C=O) groups is 6. The fourth-order valence-electron chi connectivity index (χ4n) is 4.98. The van der Waals surface area contributed by atoms with Crippen molar-refractivity contribution in [2.24, 2.45) is 22.9 Å². The fourth-order valence-corrected chi connectivity index (χ4v) is 4.98. The van der Waals surface area contributed by atoms with Gasteiger partial charge in [0.05, 0.1) is 49.8 Å². The number of unbranched alkanes of at least 4 members (excludes halogenated alkanes) is 2. The van der Waals surface area contributed by atoms with Crippen molar-refractivity contribution in [3.8, 4) is 0 Å². The minimum atomic E-state index is -1.38. The van der Waals surface area contributed by atoms with E-state index in [1.54, 1.807) is 25.0 Å². The van der Waals surface area contributed by atoms with Crippen molar-refractivity contribution < 1.29 is 56.0 Å². The first kappa shape index (κ1) is 48.6. The predicted molar refractivity (Wildman–Crippen MR) is 185 cm³/mol. The molecule has 0 unspecified atom stereocenters. The Bertz CT molecular complexity index is 1320. The third kappa shape index (κ3) is 18.3. The van der Waals surface area contributed by atoms with E-state index in [-0.39, 0.29) is 55.8 Å². The number of rotatable bonds is 24. The normalized spacial score (nSPS) is 12.8. The number of hydrogen-bond donors (Lipinski definition) is 8. The van der Waals surface area contributed by atoms with E-state index in [9.17, 15) is 39.0 Å². The van der Waals surface area contributed by atoms with Gasteiger partial charge in [-0.3, -0.25) is 19.2 Å². The maximum Gasteiger partial charge on any atom is 2.00 e. The van der Waals surface area contributed by atoms with Crippen LogP contribution in [0, 0.1) is 0 Å². The SMILES string of the molecule is CCn1cncc1C[C@H](NC(=O)CN)C(=O)N[C@@H](CCCCN)C(=O)[O-].CCn1cncc1C[C@H](NC(=O)CN)C(=O)N[C@@H](CCCCN)C(=O)[O-].[Cu+2]. The van der Waals surface area contributed by atoms with Crippen LogP contribution in [0.5, 0.6) is 0 Å². The molecule has 21 heteroatoms. The van der Waals surface area contributed by atoms with Crippen LogP contribution in [0.25, 0.3) is 0 Å². The molecule has 2 heterocycles. The minimum Gasteiger partial charge on any atom is -0.548 e. The second kappa shape index (κ2) is 27.2. The minimum absolute atomic E-state index is 0. The summed E-state index contributed by atoms with van der Waals surface area (Å²) in [4.78, 5) is 79.0. The number of aryl methyl sites for hydroxylation is 2. The number of aliphatic carboxylic acids is 2. The van der Waals surface area contributed by atoms with Gasteiger partial charge in [0, 0.05) is 49.7 Å². The molecule has 1 radical (unpaired) electrons. The van der Waals surface area contributed by atoms with Crippen LogP contribution < -0.4 is 54.4 Å². The average molecular weight is 798 g/mol. The van der Waals surface area contributed by atoms with Gasteiger partial charge in [-0.05, 0) is 65.5 Å². The molecule has 0 fully saturated rings. The van der Waals surface area contributed by atoms with Gasteiger partial charge in [0.25, 0.3) is 0 Å². The van der Waals surface area contributed by atoms with E-state index in [2.05, 4.69) is 31.2 Å². The summed E-state index contributed by atoms with van der Waals surface area (Å²) in [5.41, 5.74) is 22.9. The van der Waals surface area contributed by atoms with Crippen LogP contribution in [-0.4, -0.2) is 105 Å². The van der Waals surface area contributed by atoms with Crippen LogP contribution in [0.3, 0.4) is 0 Å². The Kier molecular flexibility index (Phi) is 25.0. The summed E-state index contributed by atoms with van der Waals surface area (Å²) in [6, 6.07) is -4.24. The van der Waals surface area contributed by atoms with Crippen molar-refractivity contribution in [3.05, 3.63) is 36.4 Å². The van der Waals surface area contributed by atoms with Gasteiger partial charge in [-0.15, -0.1) is 0 Å². The van der Waals surface area contributed by atoms with Gasteiger partial charge in [-0.1, -0.05) is 0 Å². The molecule has 4 atom stereocenters. The smallest absolute Gasteiger partial charge is 0.548 e. The van der Waals surface area contributed by atoms with E-state index in [1.807, 2.05) is 23.0 Å². The number of carboxylic acid groups (broad SMARTS) is 2. The van der Waals surface area contributed by atoms with Gasteiger partial charge in [0.2, 0.25) is 23.6 Å². The summed E-state index contributed by atoms with van der Waals surface area (Å²) in [6.07, 6.45) is 9.51.